The van der Waals surface area contributed by atoms with Gasteiger partial charge in [0.25, 0.3) is 0 Å². The van der Waals surface area contributed by atoms with Crippen LogP contribution in [0.25, 0.3) is 0 Å². The van der Waals surface area contributed by atoms with Crippen molar-refractivity contribution in [1.82, 2.24) is 0 Å². The van der Waals surface area contributed by atoms with Gasteiger partial charge in [-0.2, -0.15) is 0 Å². The van der Waals surface area contributed by atoms with E-state index in [1.807, 2.05) is 0 Å². The number of halogens is 1. The van der Waals surface area contributed by atoms with Crippen molar-refractivity contribution >= 4 is 0 Å². The normalized spacial score (nSPS) is 45.0. The van der Waals surface area contributed by atoms with E-state index in [4.69, 9.17) is 10.8 Å². The van der Waals surface area contributed by atoms with Gasteiger partial charge in [0, 0.05) is 0 Å². The van der Waals surface area contributed by atoms with Crippen molar-refractivity contribution in [3.63, 3.8) is 0 Å². The van der Waals surface area contributed by atoms with Crippen molar-refractivity contribution in [1.29, 1.82) is 0 Å². The Hall–Kier alpha value is -0.150. The molecule has 9 heavy (non-hydrogen) atoms. The molecule has 3 N–H and O–H groups in total. The maximum absolute atomic E-state index is 12.6. The molecular formula is C6H12FNO. The van der Waals surface area contributed by atoms with E-state index in [2.05, 4.69) is 0 Å². The fourth-order valence-electron chi connectivity index (χ4n) is 1.14. The zero-order chi connectivity index (χ0) is 6.91. The van der Waals surface area contributed by atoms with Crippen LogP contribution in [0, 0.1) is 0 Å². The predicted octanol–water partition coefficient (Wildman–Crippen LogP) is 0.546. The Bertz CT molecular complexity index is 105. The van der Waals surface area contributed by atoms with Crippen molar-refractivity contribution in [2.45, 2.75) is 37.6 Å². The van der Waals surface area contributed by atoms with Crippen molar-refractivity contribution in [3.05, 3.63) is 0 Å². The molecule has 54 valence electrons. The highest BCUT2D eigenvalue weighted by Gasteiger charge is 2.34. The molecule has 0 amide bonds. The number of hydrogen-bond donors (Lipinski definition) is 2. The predicted molar refractivity (Wildman–Crippen MR) is 32.5 cm³/mol. The molecule has 1 aliphatic carbocycles. The fourth-order valence-corrected chi connectivity index (χ4v) is 1.14. The second kappa shape index (κ2) is 2.23. The summed E-state index contributed by atoms with van der Waals surface area (Å²) in [7, 11) is 0. The van der Waals surface area contributed by atoms with E-state index in [0.717, 1.165) is 12.8 Å². The van der Waals surface area contributed by atoms with Crippen LogP contribution in [-0.4, -0.2) is 17.0 Å². The van der Waals surface area contributed by atoms with Crippen LogP contribution in [0.15, 0.2) is 0 Å². The number of rotatable bonds is 0. The monoisotopic (exact) mass is 133 g/mol. The molecular weight excluding hydrogens is 121 g/mol. The zero-order valence-corrected chi connectivity index (χ0v) is 5.31. The van der Waals surface area contributed by atoms with E-state index >= 15 is 0 Å². The van der Waals surface area contributed by atoms with Crippen molar-refractivity contribution in [2.75, 3.05) is 0 Å². The van der Waals surface area contributed by atoms with Gasteiger partial charge in [0.15, 0.2) is 0 Å². The third-order valence-corrected chi connectivity index (χ3v) is 1.83. The van der Waals surface area contributed by atoms with Gasteiger partial charge in [-0.3, -0.25) is 0 Å². The molecule has 1 aliphatic rings. The van der Waals surface area contributed by atoms with E-state index in [1.54, 1.807) is 0 Å². The van der Waals surface area contributed by atoms with Crippen molar-refractivity contribution < 1.29 is 9.50 Å². The average Bonchev–Trinajstić information content (AvgIpc) is 1.77. The smallest absolute Gasteiger partial charge is 0.144 e. The molecule has 0 aromatic rings. The summed E-state index contributed by atoms with van der Waals surface area (Å²) in [6.07, 6.45) is 1.28. The molecule has 0 radical (unpaired) electrons. The standard InChI is InChI=1S/C6H12FNO/c7-5-3-1-2-4-6(5,8)9/h5,9H,1-4,8H2. The van der Waals surface area contributed by atoms with Crippen LogP contribution >= 0.6 is 0 Å². The Morgan fingerprint density at radius 1 is 1.56 bits per heavy atom. The minimum Gasteiger partial charge on any atom is -0.373 e. The van der Waals surface area contributed by atoms with Crippen LogP contribution in [0.2, 0.25) is 0 Å². The summed E-state index contributed by atoms with van der Waals surface area (Å²) in [5, 5.41) is 9.05. The summed E-state index contributed by atoms with van der Waals surface area (Å²) in [5.74, 6) is 0. The number of hydrogen-bond acceptors (Lipinski definition) is 2. The molecule has 0 saturated heterocycles. The maximum Gasteiger partial charge on any atom is 0.144 e. The maximum atomic E-state index is 12.6. The van der Waals surface area contributed by atoms with Gasteiger partial charge < -0.3 is 10.8 Å². The molecule has 0 heterocycles. The lowest BCUT2D eigenvalue weighted by molar-refractivity contribution is -0.0575. The van der Waals surface area contributed by atoms with Crippen molar-refractivity contribution in [3.8, 4) is 0 Å². The minimum atomic E-state index is -1.53. The highest BCUT2D eigenvalue weighted by Crippen LogP contribution is 2.26. The highest BCUT2D eigenvalue weighted by molar-refractivity contribution is 4.84. The van der Waals surface area contributed by atoms with Gasteiger partial charge in [0.05, 0.1) is 0 Å². The molecule has 0 aromatic carbocycles. The average molecular weight is 133 g/mol. The largest absolute Gasteiger partial charge is 0.373 e. The van der Waals surface area contributed by atoms with Crippen LogP contribution in [0.3, 0.4) is 0 Å². The number of nitrogens with two attached hydrogens (primary N) is 1. The first kappa shape index (κ1) is 6.96. The van der Waals surface area contributed by atoms with Crippen LogP contribution < -0.4 is 5.73 Å². The van der Waals surface area contributed by atoms with Gasteiger partial charge in [-0.05, 0) is 19.3 Å². The van der Waals surface area contributed by atoms with Gasteiger partial charge in [0.2, 0.25) is 0 Å². The zero-order valence-electron chi connectivity index (χ0n) is 5.31. The fraction of sp³-hybridized carbons (Fsp3) is 1.00. The van der Waals surface area contributed by atoms with Crippen LogP contribution in [0.1, 0.15) is 25.7 Å². The molecule has 2 atom stereocenters. The summed E-state index contributed by atoms with van der Waals surface area (Å²) < 4.78 is 12.6. The highest BCUT2D eigenvalue weighted by atomic mass is 19.1. The Morgan fingerprint density at radius 3 is 2.56 bits per heavy atom. The van der Waals surface area contributed by atoms with Gasteiger partial charge in [-0.25, -0.2) is 4.39 Å². The first-order valence-corrected chi connectivity index (χ1v) is 3.28. The van der Waals surface area contributed by atoms with E-state index in [-0.39, 0.29) is 0 Å². The van der Waals surface area contributed by atoms with Gasteiger partial charge >= 0.3 is 0 Å². The molecule has 1 saturated carbocycles. The quantitative estimate of drug-likeness (QED) is 0.474. The minimum absolute atomic E-state index is 0.397. The lowest BCUT2D eigenvalue weighted by atomic mass is 9.91. The molecule has 0 aromatic heterocycles. The first-order valence-electron chi connectivity index (χ1n) is 3.28. The molecule has 0 spiro atoms. The van der Waals surface area contributed by atoms with E-state index in [0.29, 0.717) is 12.8 Å². The van der Waals surface area contributed by atoms with Gasteiger partial charge in [-0.1, -0.05) is 6.42 Å². The lowest BCUT2D eigenvalue weighted by Crippen LogP contribution is -2.50. The van der Waals surface area contributed by atoms with Gasteiger partial charge in [-0.15, -0.1) is 0 Å². The summed E-state index contributed by atoms with van der Waals surface area (Å²) >= 11 is 0. The molecule has 0 aliphatic heterocycles. The molecule has 1 fully saturated rings. The van der Waals surface area contributed by atoms with Crippen LogP contribution in [0.5, 0.6) is 0 Å². The first-order chi connectivity index (χ1) is 4.13. The van der Waals surface area contributed by atoms with Crippen LogP contribution in [0.4, 0.5) is 4.39 Å². The third kappa shape index (κ3) is 1.40. The molecule has 3 heteroatoms. The molecule has 2 unspecified atom stereocenters. The molecule has 1 rings (SSSR count). The van der Waals surface area contributed by atoms with Gasteiger partial charge in [0.1, 0.15) is 11.9 Å². The summed E-state index contributed by atoms with van der Waals surface area (Å²) in [6.45, 7) is 0. The Balaban J connectivity index is 2.49. The van der Waals surface area contributed by atoms with E-state index in [9.17, 15) is 4.39 Å². The Labute approximate surface area is 53.9 Å². The Kier molecular flexibility index (Phi) is 1.73. The second-order valence-electron chi connectivity index (χ2n) is 2.70. The number of alkyl halides is 1. The SMILES string of the molecule is NC1(O)CCCCC1F. The van der Waals surface area contributed by atoms with Crippen molar-refractivity contribution in [2.24, 2.45) is 5.73 Å². The number of aliphatic hydroxyl groups is 1. The molecule has 0 bridgehead atoms. The van der Waals surface area contributed by atoms with E-state index < -0.39 is 11.9 Å². The molecule has 2 nitrogen and oxygen atoms in total. The van der Waals surface area contributed by atoms with Crippen LogP contribution in [-0.2, 0) is 0 Å². The van der Waals surface area contributed by atoms with E-state index in [1.165, 1.54) is 0 Å². The third-order valence-electron chi connectivity index (χ3n) is 1.83. The summed E-state index contributed by atoms with van der Waals surface area (Å²) in [4.78, 5) is 0. The topological polar surface area (TPSA) is 46.2 Å². The summed E-state index contributed by atoms with van der Waals surface area (Å²) in [6, 6.07) is 0. The summed E-state index contributed by atoms with van der Waals surface area (Å²) in [5.41, 5.74) is 3.67. The second-order valence-corrected chi connectivity index (χ2v) is 2.70. The Morgan fingerprint density at radius 2 is 2.22 bits per heavy atom. The lowest BCUT2D eigenvalue weighted by Gasteiger charge is -2.30.